The molecule has 31 heavy (non-hydrogen) atoms. The normalized spacial score (nSPS) is 22.5. The molecule has 2 aromatic rings. The second-order valence-electron chi connectivity index (χ2n) is 7.83. The van der Waals surface area contributed by atoms with Crippen LogP contribution in [0.25, 0.3) is 0 Å². The van der Waals surface area contributed by atoms with Crippen molar-refractivity contribution in [3.05, 3.63) is 53.8 Å². The van der Waals surface area contributed by atoms with Crippen LogP contribution in [0.2, 0.25) is 0 Å². The average molecular weight is 540 g/mol. The zero-order valence-corrected chi connectivity index (χ0v) is 20.4. The third-order valence-electron chi connectivity index (χ3n) is 5.87. The predicted molar refractivity (Wildman–Crippen MR) is 133 cm³/mol. The molecule has 3 unspecified atom stereocenters. The Morgan fingerprint density at radius 3 is 2.45 bits per heavy atom. The topological polar surface area (TPSA) is 58.1 Å². The van der Waals surface area contributed by atoms with Crippen LogP contribution in [0.5, 0.6) is 11.5 Å². The van der Waals surface area contributed by atoms with E-state index in [0.29, 0.717) is 0 Å². The van der Waals surface area contributed by atoms with E-state index in [2.05, 4.69) is 20.5 Å². The number of hydrogen-bond donors (Lipinski definition) is 2. The number of halogens is 2. The standard InChI is InChI=1S/C23H29FN4O2.HI/c1-25-23(27-22-13-20(22)19-6-4-5-7-21(19)24)26-15-8-9-28(14-15)16-10-17(29-2)12-18(11-16)30-3;/h4-7,10-12,15,20,22H,8-9,13-14H2,1-3H3,(H2,25,26,27);1H. The number of nitrogens with zero attached hydrogens (tertiary/aromatic N) is 2. The smallest absolute Gasteiger partial charge is 0.191 e. The van der Waals surface area contributed by atoms with Gasteiger partial charge in [-0.1, -0.05) is 18.2 Å². The van der Waals surface area contributed by atoms with E-state index in [0.717, 1.165) is 54.6 Å². The second kappa shape index (κ2) is 10.4. The number of nitrogens with one attached hydrogen (secondary N) is 2. The number of benzene rings is 2. The first kappa shape index (κ1) is 23.4. The van der Waals surface area contributed by atoms with Gasteiger partial charge in [-0.3, -0.25) is 4.99 Å². The van der Waals surface area contributed by atoms with Gasteiger partial charge in [0.1, 0.15) is 17.3 Å². The lowest BCUT2D eigenvalue weighted by Gasteiger charge is -2.21. The van der Waals surface area contributed by atoms with Crippen LogP contribution in [0, 0.1) is 5.82 Å². The first-order valence-electron chi connectivity index (χ1n) is 10.3. The molecular weight excluding hydrogens is 510 g/mol. The van der Waals surface area contributed by atoms with Gasteiger partial charge in [-0.2, -0.15) is 0 Å². The van der Waals surface area contributed by atoms with E-state index in [1.807, 2.05) is 30.3 Å². The third-order valence-corrected chi connectivity index (χ3v) is 5.87. The highest BCUT2D eigenvalue weighted by Gasteiger charge is 2.40. The van der Waals surface area contributed by atoms with E-state index in [1.165, 1.54) is 6.07 Å². The molecular formula is C23H30FIN4O2. The largest absolute Gasteiger partial charge is 0.497 e. The van der Waals surface area contributed by atoms with Gasteiger partial charge >= 0.3 is 0 Å². The first-order chi connectivity index (χ1) is 14.6. The minimum Gasteiger partial charge on any atom is -0.497 e. The molecule has 0 bridgehead atoms. The van der Waals surface area contributed by atoms with Crippen molar-refractivity contribution in [2.24, 2.45) is 4.99 Å². The van der Waals surface area contributed by atoms with E-state index in [-0.39, 0.29) is 47.8 Å². The number of hydrogen-bond acceptors (Lipinski definition) is 4. The van der Waals surface area contributed by atoms with E-state index in [9.17, 15) is 4.39 Å². The predicted octanol–water partition coefficient (Wildman–Crippen LogP) is 3.76. The Bertz CT molecular complexity index is 904. The Balaban J connectivity index is 0.00000272. The van der Waals surface area contributed by atoms with Gasteiger partial charge < -0.3 is 25.0 Å². The molecule has 4 rings (SSSR count). The van der Waals surface area contributed by atoms with E-state index < -0.39 is 0 Å². The van der Waals surface area contributed by atoms with Crippen molar-refractivity contribution in [2.45, 2.75) is 30.8 Å². The van der Waals surface area contributed by atoms with Crippen molar-refractivity contribution in [1.82, 2.24) is 10.6 Å². The number of aliphatic imine (C=N–C) groups is 1. The van der Waals surface area contributed by atoms with Crippen LogP contribution >= 0.6 is 24.0 Å². The van der Waals surface area contributed by atoms with Gasteiger partial charge in [0.05, 0.1) is 14.2 Å². The highest BCUT2D eigenvalue weighted by Crippen LogP contribution is 2.41. The Kier molecular flexibility index (Phi) is 7.85. The Hall–Kier alpha value is -2.23. The van der Waals surface area contributed by atoms with Crippen molar-refractivity contribution in [3.8, 4) is 11.5 Å². The van der Waals surface area contributed by atoms with Gasteiger partial charge in [-0.25, -0.2) is 4.39 Å². The molecule has 3 atom stereocenters. The summed E-state index contributed by atoms with van der Waals surface area (Å²) in [7, 11) is 5.10. The quantitative estimate of drug-likeness (QED) is 0.332. The van der Waals surface area contributed by atoms with Crippen LogP contribution in [-0.4, -0.2) is 52.4 Å². The van der Waals surface area contributed by atoms with Crippen LogP contribution in [0.15, 0.2) is 47.5 Å². The lowest BCUT2D eigenvalue weighted by atomic mass is 10.1. The zero-order chi connectivity index (χ0) is 21.1. The summed E-state index contributed by atoms with van der Waals surface area (Å²) >= 11 is 0. The first-order valence-corrected chi connectivity index (χ1v) is 10.3. The summed E-state index contributed by atoms with van der Waals surface area (Å²) in [6.45, 7) is 1.80. The van der Waals surface area contributed by atoms with E-state index in [1.54, 1.807) is 27.3 Å². The number of rotatable bonds is 6. The molecule has 0 aromatic heterocycles. The van der Waals surface area contributed by atoms with Crippen molar-refractivity contribution in [3.63, 3.8) is 0 Å². The van der Waals surface area contributed by atoms with E-state index >= 15 is 0 Å². The zero-order valence-electron chi connectivity index (χ0n) is 18.1. The molecule has 1 saturated heterocycles. The highest BCUT2D eigenvalue weighted by atomic mass is 127. The SMILES string of the molecule is CN=C(NC1CCN(c2cc(OC)cc(OC)c2)C1)NC1CC1c1ccccc1F.I. The van der Waals surface area contributed by atoms with Gasteiger partial charge in [-0.05, 0) is 24.5 Å². The van der Waals surface area contributed by atoms with Crippen LogP contribution in [0.1, 0.15) is 24.3 Å². The number of anilines is 1. The summed E-state index contributed by atoms with van der Waals surface area (Å²) in [6, 6.07) is 13.4. The summed E-state index contributed by atoms with van der Waals surface area (Å²) < 4.78 is 24.8. The minimum absolute atomic E-state index is 0. The molecule has 168 valence electrons. The third kappa shape index (κ3) is 5.53. The fourth-order valence-electron chi connectivity index (χ4n) is 4.10. The molecule has 2 fully saturated rings. The molecule has 1 aliphatic heterocycles. The maximum Gasteiger partial charge on any atom is 0.191 e. The molecule has 8 heteroatoms. The second-order valence-corrected chi connectivity index (χ2v) is 7.83. The molecule has 2 aliphatic rings. The van der Waals surface area contributed by atoms with Gasteiger partial charge in [0.2, 0.25) is 0 Å². The van der Waals surface area contributed by atoms with Crippen LogP contribution < -0.4 is 25.0 Å². The molecule has 1 heterocycles. The Morgan fingerprint density at radius 2 is 1.81 bits per heavy atom. The molecule has 1 saturated carbocycles. The molecule has 0 spiro atoms. The van der Waals surface area contributed by atoms with Gasteiger partial charge in [0.25, 0.3) is 0 Å². The summed E-state index contributed by atoms with van der Waals surface area (Å²) in [5.74, 6) is 2.41. The molecule has 0 amide bonds. The Morgan fingerprint density at radius 1 is 1.10 bits per heavy atom. The maximum absolute atomic E-state index is 14.0. The van der Waals surface area contributed by atoms with Crippen LogP contribution in [0.3, 0.4) is 0 Å². The Labute approximate surface area is 200 Å². The lowest BCUT2D eigenvalue weighted by molar-refractivity contribution is 0.394. The lowest BCUT2D eigenvalue weighted by Crippen LogP contribution is -2.45. The van der Waals surface area contributed by atoms with E-state index in [4.69, 9.17) is 9.47 Å². The highest BCUT2D eigenvalue weighted by molar-refractivity contribution is 14.0. The monoisotopic (exact) mass is 540 g/mol. The van der Waals surface area contributed by atoms with Crippen molar-refractivity contribution >= 4 is 35.6 Å². The average Bonchev–Trinajstić information content (AvgIpc) is 3.37. The summed E-state index contributed by atoms with van der Waals surface area (Å²) in [6.07, 6.45) is 1.92. The van der Waals surface area contributed by atoms with Crippen molar-refractivity contribution in [2.75, 3.05) is 39.3 Å². The maximum atomic E-state index is 14.0. The molecule has 6 nitrogen and oxygen atoms in total. The fraction of sp³-hybridized carbons (Fsp3) is 0.435. The number of guanidine groups is 1. The molecule has 1 aliphatic carbocycles. The van der Waals surface area contributed by atoms with Crippen molar-refractivity contribution in [1.29, 1.82) is 0 Å². The number of methoxy groups -OCH3 is 2. The number of ether oxygens (including phenoxy) is 2. The van der Waals surface area contributed by atoms with Gasteiger partial charge in [-0.15, -0.1) is 24.0 Å². The molecule has 2 N–H and O–H groups in total. The summed E-state index contributed by atoms with van der Waals surface area (Å²) in [5.41, 5.74) is 1.87. The summed E-state index contributed by atoms with van der Waals surface area (Å²) in [4.78, 5) is 6.69. The molecule has 2 aromatic carbocycles. The fourth-order valence-corrected chi connectivity index (χ4v) is 4.10. The molecule has 0 radical (unpaired) electrons. The van der Waals surface area contributed by atoms with Crippen LogP contribution in [-0.2, 0) is 0 Å². The summed E-state index contributed by atoms with van der Waals surface area (Å²) in [5, 5.41) is 6.97. The van der Waals surface area contributed by atoms with Crippen LogP contribution in [0.4, 0.5) is 10.1 Å². The van der Waals surface area contributed by atoms with Crippen molar-refractivity contribution < 1.29 is 13.9 Å². The minimum atomic E-state index is -0.130. The van der Waals surface area contributed by atoms with Gasteiger partial charge in [0.15, 0.2) is 5.96 Å². The van der Waals surface area contributed by atoms with Gasteiger partial charge in [0, 0.05) is 62.0 Å².